The van der Waals surface area contributed by atoms with Gasteiger partial charge in [0.15, 0.2) is 11.5 Å². The highest BCUT2D eigenvalue weighted by atomic mass is 32.1. The van der Waals surface area contributed by atoms with Crippen LogP contribution in [0.25, 0.3) is 0 Å². The summed E-state index contributed by atoms with van der Waals surface area (Å²) in [5, 5.41) is 4.35. The monoisotopic (exact) mass is 475 g/mol. The molecular weight excluding hydrogens is 442 g/mol. The lowest BCUT2D eigenvalue weighted by molar-refractivity contribution is -0.0496. The molecule has 9 heteroatoms. The smallest absolute Gasteiger partial charge is 0.254 e. The van der Waals surface area contributed by atoms with Gasteiger partial charge in [-0.3, -0.25) is 14.6 Å². The first-order chi connectivity index (χ1) is 16.1. The van der Waals surface area contributed by atoms with Gasteiger partial charge in [-0.25, -0.2) is 0 Å². The molecule has 8 nitrogen and oxygen atoms in total. The predicted octanol–water partition coefficient (Wildman–Crippen LogP) is 2.43. The van der Waals surface area contributed by atoms with Gasteiger partial charge in [-0.05, 0) is 34.5 Å². The van der Waals surface area contributed by atoms with Crippen molar-refractivity contribution < 1.29 is 23.7 Å². The zero-order valence-corrected chi connectivity index (χ0v) is 20.4. The topological polar surface area (TPSA) is 63.7 Å². The third-order valence-electron chi connectivity index (χ3n) is 6.24. The highest BCUT2D eigenvalue weighted by molar-refractivity contribution is 7.07. The van der Waals surface area contributed by atoms with Crippen LogP contribution in [0.5, 0.6) is 17.2 Å². The van der Waals surface area contributed by atoms with Crippen LogP contribution in [0.15, 0.2) is 29.0 Å². The van der Waals surface area contributed by atoms with Crippen molar-refractivity contribution in [3.63, 3.8) is 0 Å². The molecule has 180 valence electrons. The fraction of sp³-hybridized carbons (Fsp3) is 0.542. The Morgan fingerprint density at radius 2 is 1.76 bits per heavy atom. The number of piperazine rings is 1. The molecule has 3 heterocycles. The van der Waals surface area contributed by atoms with Crippen LogP contribution in [0.1, 0.15) is 15.9 Å². The summed E-state index contributed by atoms with van der Waals surface area (Å²) >= 11 is 1.75. The second-order valence-electron chi connectivity index (χ2n) is 8.37. The quantitative estimate of drug-likeness (QED) is 0.581. The van der Waals surface area contributed by atoms with Crippen LogP contribution in [-0.2, 0) is 11.3 Å². The number of carbonyl (C=O) groups excluding carboxylic acids is 1. The molecule has 0 radical (unpaired) electrons. The third-order valence-corrected chi connectivity index (χ3v) is 6.97. The van der Waals surface area contributed by atoms with E-state index in [1.54, 1.807) is 44.8 Å². The molecule has 0 saturated carbocycles. The van der Waals surface area contributed by atoms with Crippen molar-refractivity contribution >= 4 is 17.2 Å². The minimum Gasteiger partial charge on any atom is -0.493 e. The number of thiophene rings is 1. The number of morpholine rings is 1. The molecule has 1 amide bonds. The lowest BCUT2D eigenvalue weighted by Gasteiger charge is -2.39. The zero-order valence-electron chi connectivity index (χ0n) is 19.6. The normalized spacial score (nSPS) is 20.0. The number of hydrogen-bond acceptors (Lipinski definition) is 8. The number of rotatable bonds is 8. The zero-order chi connectivity index (χ0) is 23.2. The first kappa shape index (κ1) is 23.8. The van der Waals surface area contributed by atoms with Crippen molar-refractivity contribution in [2.75, 3.05) is 73.7 Å². The Kier molecular flexibility index (Phi) is 8.08. The molecule has 4 rings (SSSR count). The Balaban J connectivity index is 1.30. The van der Waals surface area contributed by atoms with Crippen LogP contribution in [-0.4, -0.2) is 100 Å². The number of benzene rings is 1. The highest BCUT2D eigenvalue weighted by Gasteiger charge is 2.28. The van der Waals surface area contributed by atoms with Gasteiger partial charge in [0.25, 0.3) is 5.91 Å². The van der Waals surface area contributed by atoms with Gasteiger partial charge in [0.2, 0.25) is 5.75 Å². The summed E-state index contributed by atoms with van der Waals surface area (Å²) in [4.78, 5) is 19.9. The maximum absolute atomic E-state index is 13.2. The second-order valence-corrected chi connectivity index (χ2v) is 9.15. The Hall–Kier alpha value is -2.33. The van der Waals surface area contributed by atoms with Gasteiger partial charge in [0, 0.05) is 57.9 Å². The van der Waals surface area contributed by atoms with Gasteiger partial charge in [-0.1, -0.05) is 0 Å². The molecule has 2 saturated heterocycles. The Bertz CT molecular complexity index is 890. The summed E-state index contributed by atoms with van der Waals surface area (Å²) in [6.07, 6.45) is 0.203. The average Bonchev–Trinajstić information content (AvgIpc) is 3.36. The van der Waals surface area contributed by atoms with E-state index in [2.05, 4.69) is 26.6 Å². The molecule has 33 heavy (non-hydrogen) atoms. The van der Waals surface area contributed by atoms with E-state index in [-0.39, 0.29) is 12.0 Å². The van der Waals surface area contributed by atoms with E-state index in [1.165, 1.54) is 5.56 Å². The number of ether oxygens (including phenoxy) is 4. The average molecular weight is 476 g/mol. The van der Waals surface area contributed by atoms with Gasteiger partial charge in [-0.15, -0.1) is 0 Å². The molecule has 2 fully saturated rings. The van der Waals surface area contributed by atoms with E-state index in [9.17, 15) is 4.79 Å². The van der Waals surface area contributed by atoms with E-state index >= 15 is 0 Å². The fourth-order valence-electron chi connectivity index (χ4n) is 4.48. The van der Waals surface area contributed by atoms with E-state index in [1.807, 2.05) is 4.90 Å². The minimum atomic E-state index is -0.0234. The van der Waals surface area contributed by atoms with Crippen molar-refractivity contribution in [3.05, 3.63) is 40.1 Å². The van der Waals surface area contributed by atoms with Gasteiger partial charge in [0.1, 0.15) is 0 Å². The van der Waals surface area contributed by atoms with Crippen LogP contribution in [0, 0.1) is 0 Å². The van der Waals surface area contributed by atoms with Crippen molar-refractivity contribution in [1.82, 2.24) is 14.7 Å². The Morgan fingerprint density at radius 3 is 2.36 bits per heavy atom. The maximum atomic E-state index is 13.2. The molecule has 0 aliphatic carbocycles. The van der Waals surface area contributed by atoms with Gasteiger partial charge in [0.05, 0.1) is 34.0 Å². The van der Waals surface area contributed by atoms with Crippen molar-refractivity contribution in [2.45, 2.75) is 12.6 Å². The van der Waals surface area contributed by atoms with E-state index in [0.29, 0.717) is 35.9 Å². The molecule has 2 aliphatic rings. The van der Waals surface area contributed by atoms with E-state index < -0.39 is 0 Å². The summed E-state index contributed by atoms with van der Waals surface area (Å²) in [5.41, 5.74) is 1.91. The van der Waals surface area contributed by atoms with Crippen molar-refractivity contribution in [1.29, 1.82) is 0 Å². The fourth-order valence-corrected chi connectivity index (χ4v) is 5.14. The summed E-state index contributed by atoms with van der Waals surface area (Å²) in [6.45, 7) is 7.60. The standard InChI is InChI=1S/C24H33N3O5S/c1-29-21-12-19(13-22(30-2)23(21)31-3)24(28)27-7-5-25(6-8-27)15-20-16-26(9-10-32-20)14-18-4-11-33-17-18/h4,11-13,17,20H,5-10,14-16H2,1-3H3. The molecule has 0 N–H and O–H groups in total. The van der Waals surface area contributed by atoms with Gasteiger partial charge < -0.3 is 23.8 Å². The van der Waals surface area contributed by atoms with Crippen LogP contribution >= 0.6 is 11.3 Å². The van der Waals surface area contributed by atoms with Crippen molar-refractivity contribution in [3.8, 4) is 17.2 Å². The van der Waals surface area contributed by atoms with Gasteiger partial charge >= 0.3 is 0 Å². The molecule has 1 aromatic heterocycles. The van der Waals surface area contributed by atoms with Crippen LogP contribution in [0.4, 0.5) is 0 Å². The van der Waals surface area contributed by atoms with Crippen molar-refractivity contribution in [2.24, 2.45) is 0 Å². The molecule has 0 bridgehead atoms. The summed E-state index contributed by atoms with van der Waals surface area (Å²) in [6, 6.07) is 5.63. The lowest BCUT2D eigenvalue weighted by Crippen LogP contribution is -2.53. The molecule has 0 spiro atoms. The van der Waals surface area contributed by atoms with Gasteiger partial charge in [-0.2, -0.15) is 11.3 Å². The SMILES string of the molecule is COc1cc(C(=O)N2CCN(CC3CN(Cc4ccsc4)CCO3)CC2)cc(OC)c1OC. The molecule has 1 unspecified atom stereocenters. The summed E-state index contributed by atoms with van der Waals surface area (Å²) < 4.78 is 22.2. The summed E-state index contributed by atoms with van der Waals surface area (Å²) in [7, 11) is 4.66. The largest absolute Gasteiger partial charge is 0.493 e. The number of methoxy groups -OCH3 is 3. The first-order valence-electron chi connectivity index (χ1n) is 11.3. The Morgan fingerprint density at radius 1 is 1.03 bits per heavy atom. The van der Waals surface area contributed by atoms with Crippen LogP contribution < -0.4 is 14.2 Å². The molecule has 1 atom stereocenters. The molecule has 1 aromatic carbocycles. The lowest BCUT2D eigenvalue weighted by atomic mass is 10.1. The predicted molar refractivity (Wildman–Crippen MR) is 128 cm³/mol. The first-order valence-corrected chi connectivity index (χ1v) is 12.2. The van der Waals surface area contributed by atoms with E-state index in [0.717, 1.165) is 45.9 Å². The third kappa shape index (κ3) is 5.78. The molecule has 2 aliphatic heterocycles. The highest BCUT2D eigenvalue weighted by Crippen LogP contribution is 2.38. The number of amides is 1. The molecule has 2 aromatic rings. The number of hydrogen-bond donors (Lipinski definition) is 0. The Labute approximate surface area is 199 Å². The minimum absolute atomic E-state index is 0.0234. The van der Waals surface area contributed by atoms with Crippen LogP contribution in [0.3, 0.4) is 0 Å². The number of nitrogens with zero attached hydrogens (tertiary/aromatic N) is 3. The molecular formula is C24H33N3O5S. The second kappa shape index (κ2) is 11.2. The van der Waals surface area contributed by atoms with Crippen LogP contribution in [0.2, 0.25) is 0 Å². The number of carbonyl (C=O) groups is 1. The summed E-state index contributed by atoms with van der Waals surface area (Å²) in [5.74, 6) is 1.44. The maximum Gasteiger partial charge on any atom is 0.254 e. The van der Waals surface area contributed by atoms with E-state index in [4.69, 9.17) is 18.9 Å².